The fourth-order valence-electron chi connectivity index (χ4n) is 1.42. The molecule has 1 heterocycles. The van der Waals surface area contributed by atoms with Gasteiger partial charge >= 0.3 is 0 Å². The molecule has 2 unspecified atom stereocenters. The maximum absolute atomic E-state index is 5.57. The zero-order valence-corrected chi connectivity index (χ0v) is 6.06. The Balaban J connectivity index is 2.30. The van der Waals surface area contributed by atoms with Gasteiger partial charge in [0.15, 0.2) is 0 Å². The molecule has 1 aliphatic heterocycles. The van der Waals surface area contributed by atoms with Crippen LogP contribution in [0.2, 0.25) is 0 Å². The van der Waals surface area contributed by atoms with Crippen molar-refractivity contribution in [1.29, 1.82) is 0 Å². The van der Waals surface area contributed by atoms with E-state index in [-0.39, 0.29) is 0 Å². The van der Waals surface area contributed by atoms with Crippen LogP contribution in [0.4, 0.5) is 0 Å². The van der Waals surface area contributed by atoms with E-state index in [4.69, 9.17) is 5.73 Å². The molecule has 0 aromatic carbocycles. The van der Waals surface area contributed by atoms with Gasteiger partial charge < -0.3 is 11.1 Å². The molecular weight excluding hydrogens is 112 g/mol. The molecule has 0 aromatic heterocycles. The van der Waals surface area contributed by atoms with Crippen LogP contribution in [0.1, 0.15) is 13.3 Å². The molecule has 2 heteroatoms. The minimum Gasteiger partial charge on any atom is -0.330 e. The summed E-state index contributed by atoms with van der Waals surface area (Å²) < 4.78 is 0. The molecule has 0 radical (unpaired) electrons. The molecule has 1 fully saturated rings. The highest BCUT2D eigenvalue weighted by Gasteiger charge is 2.18. The van der Waals surface area contributed by atoms with Gasteiger partial charge in [-0.2, -0.15) is 0 Å². The van der Waals surface area contributed by atoms with Gasteiger partial charge in [0, 0.05) is 0 Å². The first-order valence-corrected chi connectivity index (χ1v) is 3.75. The molecule has 0 amide bonds. The van der Waals surface area contributed by atoms with Gasteiger partial charge in [0.2, 0.25) is 0 Å². The van der Waals surface area contributed by atoms with Crippen molar-refractivity contribution in [2.24, 2.45) is 17.6 Å². The minimum absolute atomic E-state index is 0.770. The van der Waals surface area contributed by atoms with Gasteiger partial charge in [0.1, 0.15) is 0 Å². The fraction of sp³-hybridized carbons (Fsp3) is 1.00. The Morgan fingerprint density at radius 3 is 2.89 bits per heavy atom. The minimum atomic E-state index is 0.770. The number of hydrogen-bond donors (Lipinski definition) is 2. The number of piperidine rings is 1. The zero-order chi connectivity index (χ0) is 6.69. The molecule has 9 heavy (non-hydrogen) atoms. The third-order valence-electron chi connectivity index (χ3n) is 2.27. The predicted octanol–water partition coefficient (Wildman–Crippen LogP) is 0.191. The van der Waals surface area contributed by atoms with Crippen LogP contribution in [0.25, 0.3) is 0 Å². The molecule has 1 saturated heterocycles. The van der Waals surface area contributed by atoms with Crippen LogP contribution in [-0.4, -0.2) is 19.6 Å². The van der Waals surface area contributed by atoms with Gasteiger partial charge in [-0.15, -0.1) is 0 Å². The number of nitrogens with two attached hydrogens (primary N) is 1. The van der Waals surface area contributed by atoms with Crippen molar-refractivity contribution in [3.05, 3.63) is 0 Å². The van der Waals surface area contributed by atoms with E-state index < -0.39 is 0 Å². The van der Waals surface area contributed by atoms with Gasteiger partial charge in [-0.25, -0.2) is 0 Å². The molecule has 0 spiro atoms. The van der Waals surface area contributed by atoms with Crippen LogP contribution < -0.4 is 11.1 Å². The van der Waals surface area contributed by atoms with Gasteiger partial charge in [0.05, 0.1) is 0 Å². The molecule has 54 valence electrons. The van der Waals surface area contributed by atoms with E-state index in [1.54, 1.807) is 0 Å². The highest BCUT2D eigenvalue weighted by Crippen LogP contribution is 2.16. The summed E-state index contributed by atoms with van der Waals surface area (Å²) in [6.07, 6.45) is 1.26. The molecule has 1 aliphatic rings. The molecule has 3 N–H and O–H groups in total. The van der Waals surface area contributed by atoms with Crippen LogP contribution in [-0.2, 0) is 0 Å². The smallest absolute Gasteiger partial charge is 0.00200 e. The third kappa shape index (κ3) is 1.66. The summed E-state index contributed by atoms with van der Waals surface area (Å²) in [6, 6.07) is 0. The average molecular weight is 128 g/mol. The Morgan fingerprint density at radius 1 is 1.67 bits per heavy atom. The summed E-state index contributed by atoms with van der Waals surface area (Å²) in [5.74, 6) is 1.55. The molecule has 0 aliphatic carbocycles. The second-order valence-corrected chi connectivity index (χ2v) is 2.97. The molecule has 0 bridgehead atoms. The molecular formula is C7H16N2. The van der Waals surface area contributed by atoms with E-state index in [9.17, 15) is 0 Å². The Labute approximate surface area is 56.8 Å². The Morgan fingerprint density at radius 2 is 2.44 bits per heavy atom. The van der Waals surface area contributed by atoms with Crippen molar-refractivity contribution in [3.63, 3.8) is 0 Å². The first-order valence-electron chi connectivity index (χ1n) is 3.75. The largest absolute Gasteiger partial charge is 0.330 e. The number of nitrogens with one attached hydrogen (secondary N) is 1. The van der Waals surface area contributed by atoms with Crippen LogP contribution in [0.3, 0.4) is 0 Å². The summed E-state index contributed by atoms with van der Waals surface area (Å²) in [4.78, 5) is 0. The Kier molecular flexibility index (Phi) is 2.49. The van der Waals surface area contributed by atoms with E-state index in [0.29, 0.717) is 0 Å². The lowest BCUT2D eigenvalue weighted by molar-refractivity contribution is 0.281. The normalized spacial score (nSPS) is 36.7. The van der Waals surface area contributed by atoms with Crippen molar-refractivity contribution in [2.45, 2.75) is 13.3 Å². The predicted molar refractivity (Wildman–Crippen MR) is 39.2 cm³/mol. The Bertz CT molecular complexity index is 83.0. The standard InChI is InChI=1S/C7H16N2/c1-6-5-9-3-2-7(6)4-8/h6-7,9H,2-5,8H2,1H3. The van der Waals surface area contributed by atoms with E-state index in [1.165, 1.54) is 6.42 Å². The van der Waals surface area contributed by atoms with Crippen molar-refractivity contribution in [1.82, 2.24) is 5.32 Å². The van der Waals surface area contributed by atoms with E-state index >= 15 is 0 Å². The maximum Gasteiger partial charge on any atom is -0.00200 e. The van der Waals surface area contributed by atoms with Gasteiger partial charge in [-0.05, 0) is 37.9 Å². The fourth-order valence-corrected chi connectivity index (χ4v) is 1.42. The van der Waals surface area contributed by atoms with Crippen LogP contribution >= 0.6 is 0 Å². The molecule has 2 atom stereocenters. The van der Waals surface area contributed by atoms with Gasteiger partial charge in [-0.3, -0.25) is 0 Å². The van der Waals surface area contributed by atoms with Crippen molar-refractivity contribution in [2.75, 3.05) is 19.6 Å². The molecule has 1 rings (SSSR count). The first-order chi connectivity index (χ1) is 4.34. The topological polar surface area (TPSA) is 38.0 Å². The number of rotatable bonds is 1. The summed E-state index contributed by atoms with van der Waals surface area (Å²) in [5.41, 5.74) is 5.57. The highest BCUT2D eigenvalue weighted by molar-refractivity contribution is 4.74. The van der Waals surface area contributed by atoms with Crippen LogP contribution in [0.5, 0.6) is 0 Å². The molecule has 2 nitrogen and oxygen atoms in total. The SMILES string of the molecule is CC1CNCCC1CN. The third-order valence-corrected chi connectivity index (χ3v) is 2.27. The van der Waals surface area contributed by atoms with Gasteiger partial charge in [0.25, 0.3) is 0 Å². The van der Waals surface area contributed by atoms with E-state index in [0.717, 1.165) is 31.5 Å². The second-order valence-electron chi connectivity index (χ2n) is 2.97. The van der Waals surface area contributed by atoms with E-state index in [1.807, 2.05) is 0 Å². The lowest BCUT2D eigenvalue weighted by Crippen LogP contribution is -2.38. The maximum atomic E-state index is 5.57. The average Bonchev–Trinajstić information content (AvgIpc) is 1.89. The molecule has 0 saturated carbocycles. The quantitative estimate of drug-likeness (QED) is 0.529. The van der Waals surface area contributed by atoms with E-state index in [2.05, 4.69) is 12.2 Å². The first kappa shape index (κ1) is 7.03. The summed E-state index contributed by atoms with van der Waals surface area (Å²) in [6.45, 7) is 5.45. The summed E-state index contributed by atoms with van der Waals surface area (Å²) >= 11 is 0. The highest BCUT2D eigenvalue weighted by atomic mass is 14.9. The summed E-state index contributed by atoms with van der Waals surface area (Å²) in [5, 5.41) is 3.34. The molecule has 0 aromatic rings. The Hall–Kier alpha value is -0.0800. The zero-order valence-electron chi connectivity index (χ0n) is 6.06. The van der Waals surface area contributed by atoms with Crippen molar-refractivity contribution >= 4 is 0 Å². The van der Waals surface area contributed by atoms with Gasteiger partial charge in [-0.1, -0.05) is 6.92 Å². The van der Waals surface area contributed by atoms with Crippen LogP contribution in [0.15, 0.2) is 0 Å². The lowest BCUT2D eigenvalue weighted by Gasteiger charge is -2.27. The van der Waals surface area contributed by atoms with Crippen molar-refractivity contribution in [3.8, 4) is 0 Å². The van der Waals surface area contributed by atoms with Crippen molar-refractivity contribution < 1.29 is 0 Å². The second kappa shape index (κ2) is 3.18. The number of hydrogen-bond acceptors (Lipinski definition) is 2. The monoisotopic (exact) mass is 128 g/mol. The van der Waals surface area contributed by atoms with Crippen LogP contribution in [0, 0.1) is 11.8 Å². The lowest BCUT2D eigenvalue weighted by atomic mass is 9.88. The summed E-state index contributed by atoms with van der Waals surface area (Å²) in [7, 11) is 0.